The Hall–Kier alpha value is -1.58. The van der Waals surface area contributed by atoms with E-state index in [-0.39, 0.29) is 0 Å². The van der Waals surface area contributed by atoms with Crippen molar-refractivity contribution in [3.63, 3.8) is 0 Å². The Bertz CT molecular complexity index is 676. The fourth-order valence-electron chi connectivity index (χ4n) is 2.88. The van der Waals surface area contributed by atoms with Gasteiger partial charge in [0.1, 0.15) is 0 Å². The van der Waals surface area contributed by atoms with Gasteiger partial charge in [0.15, 0.2) is 0 Å². The molecule has 0 saturated carbocycles. The molecule has 2 heteroatoms. The molecule has 0 bridgehead atoms. The summed E-state index contributed by atoms with van der Waals surface area (Å²) < 4.78 is 15.2. The average molecular weight is 409 g/mol. The van der Waals surface area contributed by atoms with Crippen molar-refractivity contribution in [2.75, 3.05) is 0 Å². The van der Waals surface area contributed by atoms with Crippen molar-refractivity contribution in [2.45, 2.75) is 20.8 Å². The third-order valence-corrected chi connectivity index (χ3v) is 14.4. The summed E-state index contributed by atoms with van der Waals surface area (Å²) >= 11 is -3.87. The van der Waals surface area contributed by atoms with E-state index in [9.17, 15) is 3.44 Å². The van der Waals surface area contributed by atoms with E-state index in [2.05, 4.69) is 93.6 Å². The third-order valence-electron chi connectivity index (χ3n) is 4.41. The van der Waals surface area contributed by atoms with E-state index in [1.54, 1.807) is 0 Å². The number of aryl methyl sites for hydroxylation is 3. The van der Waals surface area contributed by atoms with Gasteiger partial charge in [0.2, 0.25) is 0 Å². The van der Waals surface area contributed by atoms with Crippen LogP contribution in [0.15, 0.2) is 72.8 Å². The van der Waals surface area contributed by atoms with Crippen LogP contribution < -0.4 is 10.7 Å². The Labute approximate surface area is 143 Å². The minimum absolute atomic E-state index is 1.10. The molecule has 0 amide bonds. The number of hydrogen-bond donors (Lipinski definition) is 1. The van der Waals surface area contributed by atoms with Gasteiger partial charge >= 0.3 is 143 Å². The molecule has 0 aliphatic rings. The summed E-state index contributed by atoms with van der Waals surface area (Å²) in [6, 6.07) is 25.2. The molecule has 23 heavy (non-hydrogen) atoms. The van der Waals surface area contributed by atoms with Crippen LogP contribution in [-0.4, -0.2) is 22.2 Å². The van der Waals surface area contributed by atoms with Gasteiger partial charge in [-0.2, -0.15) is 0 Å². The molecule has 3 rings (SSSR count). The maximum atomic E-state index is 11.9. The van der Waals surface area contributed by atoms with Crippen LogP contribution >= 0.6 is 0 Å². The molecule has 0 aromatic heterocycles. The zero-order valence-electron chi connectivity index (χ0n) is 13.9. The molecule has 3 aromatic carbocycles. The van der Waals surface area contributed by atoms with Crippen molar-refractivity contribution in [1.29, 1.82) is 0 Å². The van der Waals surface area contributed by atoms with Crippen molar-refractivity contribution in [2.24, 2.45) is 0 Å². The second-order valence-corrected chi connectivity index (χ2v) is 15.3. The van der Waals surface area contributed by atoms with Crippen LogP contribution in [0.25, 0.3) is 0 Å². The molecule has 0 spiro atoms. The van der Waals surface area contributed by atoms with E-state index >= 15 is 0 Å². The van der Waals surface area contributed by atoms with Crippen LogP contribution in [0, 0.1) is 20.8 Å². The molecule has 1 N–H and O–H groups in total. The maximum absolute atomic E-state index is 11.9. The van der Waals surface area contributed by atoms with Crippen molar-refractivity contribution in [3.8, 4) is 0 Å². The van der Waals surface area contributed by atoms with Gasteiger partial charge in [-0.25, -0.2) is 0 Å². The summed E-state index contributed by atoms with van der Waals surface area (Å²) in [5, 5.41) is 0. The van der Waals surface area contributed by atoms with Crippen LogP contribution in [0.4, 0.5) is 0 Å². The van der Waals surface area contributed by atoms with E-state index in [1.807, 2.05) is 0 Å². The summed E-state index contributed by atoms with van der Waals surface area (Å²) in [7, 11) is 0. The first-order chi connectivity index (χ1) is 11.0. The van der Waals surface area contributed by atoms with Gasteiger partial charge in [-0.05, 0) is 0 Å². The number of rotatable bonds is 3. The first kappa shape index (κ1) is 16.3. The molecule has 0 atom stereocenters. The van der Waals surface area contributed by atoms with Gasteiger partial charge in [0.25, 0.3) is 0 Å². The molecule has 3 aromatic rings. The van der Waals surface area contributed by atoms with Crippen molar-refractivity contribution >= 4 is 29.5 Å². The van der Waals surface area contributed by atoms with Crippen LogP contribution in [0.2, 0.25) is 0 Å². The summed E-state index contributed by atoms with van der Waals surface area (Å²) in [6.07, 6.45) is 0. The van der Waals surface area contributed by atoms with E-state index in [0.717, 1.165) is 10.7 Å². The molecule has 0 saturated heterocycles. The summed E-state index contributed by atoms with van der Waals surface area (Å²) in [4.78, 5) is 0. The van der Waals surface area contributed by atoms with Crippen molar-refractivity contribution < 1.29 is 3.44 Å². The third kappa shape index (κ3) is 3.21. The number of benzene rings is 3. The Balaban J connectivity index is 2.21. The molecule has 0 fully saturated rings. The second-order valence-electron chi connectivity index (χ2n) is 6.31. The Morgan fingerprint density at radius 1 is 0.478 bits per heavy atom. The predicted octanol–water partition coefficient (Wildman–Crippen LogP) is 2.57. The molecule has 0 aliphatic heterocycles. The van der Waals surface area contributed by atoms with Gasteiger partial charge in [-0.1, -0.05) is 0 Å². The monoisotopic (exact) mass is 410 g/mol. The molecule has 0 unspecified atom stereocenters. The number of hydrogen-bond acceptors (Lipinski definition) is 1. The molecule has 116 valence electrons. The average Bonchev–Trinajstić information content (AvgIpc) is 2.56. The van der Waals surface area contributed by atoms with Gasteiger partial charge in [-0.15, -0.1) is 0 Å². The Kier molecular flexibility index (Phi) is 4.60. The van der Waals surface area contributed by atoms with E-state index in [4.69, 9.17) is 0 Å². The van der Waals surface area contributed by atoms with Crippen LogP contribution in [0.3, 0.4) is 0 Å². The zero-order chi connectivity index (χ0) is 16.4. The summed E-state index contributed by atoms with van der Waals surface area (Å²) in [5.41, 5.74) is 3.65. The van der Waals surface area contributed by atoms with Crippen LogP contribution in [0.5, 0.6) is 0 Å². The summed E-state index contributed by atoms with van der Waals surface area (Å²) in [5.74, 6) is 0. The fourth-order valence-corrected chi connectivity index (χ4v) is 11.3. The molecule has 0 heterocycles. The molecule has 1 nitrogen and oxygen atoms in total. The molecular weight excluding hydrogens is 387 g/mol. The summed E-state index contributed by atoms with van der Waals surface area (Å²) in [6.45, 7) is 6.24. The van der Waals surface area contributed by atoms with Crippen LogP contribution in [0.1, 0.15) is 16.7 Å². The molecule has 0 aliphatic carbocycles. The SMILES string of the molecule is Cc1cc[c]([Sn]([OH])([c]2ccc(C)cc2)[c]2ccc(C)cc2)cc1. The molecular formula is C21H22OSn. The topological polar surface area (TPSA) is 20.2 Å². The quantitative estimate of drug-likeness (QED) is 0.660. The Morgan fingerprint density at radius 2 is 0.696 bits per heavy atom. The van der Waals surface area contributed by atoms with Gasteiger partial charge in [-0.3, -0.25) is 0 Å². The van der Waals surface area contributed by atoms with Gasteiger partial charge in [0, 0.05) is 0 Å². The van der Waals surface area contributed by atoms with E-state index in [0.29, 0.717) is 0 Å². The molecule has 0 radical (unpaired) electrons. The van der Waals surface area contributed by atoms with E-state index in [1.165, 1.54) is 16.7 Å². The first-order valence-electron chi connectivity index (χ1n) is 7.94. The van der Waals surface area contributed by atoms with Crippen molar-refractivity contribution in [1.82, 2.24) is 0 Å². The normalized spacial score (nSPS) is 11.5. The van der Waals surface area contributed by atoms with Crippen LogP contribution in [-0.2, 0) is 0 Å². The van der Waals surface area contributed by atoms with Crippen molar-refractivity contribution in [3.05, 3.63) is 89.5 Å². The Morgan fingerprint density at radius 3 is 0.913 bits per heavy atom. The predicted molar refractivity (Wildman–Crippen MR) is 100 cm³/mol. The fraction of sp³-hybridized carbons (Fsp3) is 0.143. The van der Waals surface area contributed by atoms with E-state index < -0.39 is 18.8 Å². The standard InChI is InChI=1S/3C7H7.H2O.Sn/c3*1-7-5-3-2-4-6-7;;/h3*3-6H,1H3;1H2;/q;;;;+1/p-1. The van der Waals surface area contributed by atoms with Gasteiger partial charge < -0.3 is 0 Å². The van der Waals surface area contributed by atoms with Gasteiger partial charge in [0.05, 0.1) is 0 Å². The minimum atomic E-state index is -3.87. The second kappa shape index (κ2) is 6.50. The first-order valence-corrected chi connectivity index (χ1v) is 13.5. The zero-order valence-corrected chi connectivity index (χ0v) is 16.7.